The van der Waals surface area contributed by atoms with Gasteiger partial charge in [0.05, 0.1) is 12.1 Å². The van der Waals surface area contributed by atoms with Gasteiger partial charge >= 0.3 is 5.97 Å². The van der Waals surface area contributed by atoms with Crippen LogP contribution in [0.15, 0.2) is 29.6 Å². The first kappa shape index (κ1) is 18.9. The van der Waals surface area contributed by atoms with Crippen LogP contribution in [0.4, 0.5) is 0 Å². The van der Waals surface area contributed by atoms with Crippen LogP contribution < -0.4 is 10.1 Å². The lowest BCUT2D eigenvalue weighted by molar-refractivity contribution is -0.143. The Morgan fingerprint density at radius 3 is 2.56 bits per heavy atom. The van der Waals surface area contributed by atoms with Gasteiger partial charge in [-0.3, -0.25) is 4.79 Å². The van der Waals surface area contributed by atoms with Crippen LogP contribution in [0.5, 0.6) is 5.75 Å². The number of hydrogen-bond acceptors (Lipinski definition) is 5. The molecule has 1 heterocycles. The highest BCUT2D eigenvalue weighted by Gasteiger charge is 2.23. The van der Waals surface area contributed by atoms with E-state index in [2.05, 4.69) is 10.3 Å². The van der Waals surface area contributed by atoms with Gasteiger partial charge < -0.3 is 15.2 Å². The van der Waals surface area contributed by atoms with Gasteiger partial charge in [-0.1, -0.05) is 31.5 Å². The lowest BCUT2D eigenvalue weighted by Gasteiger charge is -2.17. The summed E-state index contributed by atoms with van der Waals surface area (Å²) >= 11 is 1.41. The summed E-state index contributed by atoms with van der Waals surface area (Å²) in [6.45, 7) is 5.85. The number of amides is 1. The van der Waals surface area contributed by atoms with Crippen molar-refractivity contribution in [1.29, 1.82) is 0 Å². The Labute approximate surface area is 150 Å². The average Bonchev–Trinajstić information content (AvgIpc) is 2.99. The zero-order chi connectivity index (χ0) is 18.4. The van der Waals surface area contributed by atoms with Crippen LogP contribution in [0.2, 0.25) is 0 Å². The van der Waals surface area contributed by atoms with E-state index < -0.39 is 12.0 Å². The molecule has 0 radical (unpaired) electrons. The molecule has 134 valence electrons. The minimum Gasteiger partial charge on any atom is -0.486 e. The zero-order valence-electron chi connectivity index (χ0n) is 14.5. The Balaban J connectivity index is 1.87. The van der Waals surface area contributed by atoms with Gasteiger partial charge in [0.25, 0.3) is 0 Å². The summed E-state index contributed by atoms with van der Waals surface area (Å²) in [4.78, 5) is 27.5. The molecule has 0 saturated heterocycles. The first-order chi connectivity index (χ1) is 11.8. The molecule has 25 heavy (non-hydrogen) atoms. The van der Waals surface area contributed by atoms with Crippen molar-refractivity contribution in [2.75, 3.05) is 0 Å². The van der Waals surface area contributed by atoms with Crippen molar-refractivity contribution >= 4 is 23.2 Å². The highest BCUT2D eigenvalue weighted by molar-refractivity contribution is 7.09. The number of rotatable bonds is 8. The summed E-state index contributed by atoms with van der Waals surface area (Å²) in [7, 11) is 0. The average molecular weight is 362 g/mol. The standard InChI is InChI=1S/C18H22N2O4S/c1-11(2)17(18(22)23)20-15(21)8-13-10-25-16(19-13)9-24-14-6-4-12(3)5-7-14/h4-7,10-11,17H,8-9H2,1-3H3,(H,20,21)(H,22,23). The van der Waals surface area contributed by atoms with Gasteiger partial charge in [0.2, 0.25) is 5.91 Å². The fourth-order valence-corrected chi connectivity index (χ4v) is 2.88. The third-order valence-electron chi connectivity index (χ3n) is 3.57. The van der Waals surface area contributed by atoms with Crippen LogP contribution in [-0.4, -0.2) is 28.0 Å². The molecule has 2 aromatic rings. The number of hydrogen-bond donors (Lipinski definition) is 2. The number of carboxylic acid groups (broad SMARTS) is 1. The van der Waals surface area contributed by atoms with E-state index in [1.54, 1.807) is 19.2 Å². The smallest absolute Gasteiger partial charge is 0.326 e. The van der Waals surface area contributed by atoms with Crippen LogP contribution in [0.3, 0.4) is 0 Å². The highest BCUT2D eigenvalue weighted by atomic mass is 32.1. The summed E-state index contributed by atoms with van der Waals surface area (Å²) in [5.74, 6) is -0.803. The second-order valence-electron chi connectivity index (χ2n) is 6.14. The molecule has 0 aliphatic heterocycles. The molecular weight excluding hydrogens is 340 g/mol. The van der Waals surface area contributed by atoms with E-state index in [1.807, 2.05) is 31.2 Å². The molecule has 1 unspecified atom stereocenters. The Bertz CT molecular complexity index is 725. The highest BCUT2D eigenvalue weighted by Crippen LogP contribution is 2.16. The number of carbonyl (C=O) groups excluding carboxylic acids is 1. The zero-order valence-corrected chi connectivity index (χ0v) is 15.3. The molecule has 6 nitrogen and oxygen atoms in total. The van der Waals surface area contributed by atoms with Crippen molar-refractivity contribution in [3.05, 3.63) is 45.9 Å². The van der Waals surface area contributed by atoms with E-state index in [9.17, 15) is 9.59 Å². The predicted octanol–water partition coefficient (Wildman–Crippen LogP) is 2.80. The number of benzene rings is 1. The number of thiazole rings is 1. The van der Waals surface area contributed by atoms with Gasteiger partial charge in [0.1, 0.15) is 23.4 Å². The maximum atomic E-state index is 12.0. The number of aryl methyl sites for hydroxylation is 1. The summed E-state index contributed by atoms with van der Waals surface area (Å²) in [5.41, 5.74) is 1.77. The molecule has 1 atom stereocenters. The molecule has 7 heteroatoms. The Morgan fingerprint density at radius 2 is 1.96 bits per heavy atom. The monoisotopic (exact) mass is 362 g/mol. The summed E-state index contributed by atoms with van der Waals surface area (Å²) < 4.78 is 5.66. The molecule has 0 saturated carbocycles. The van der Waals surface area contributed by atoms with E-state index in [4.69, 9.17) is 9.84 Å². The van der Waals surface area contributed by atoms with Gasteiger partial charge in [-0.05, 0) is 25.0 Å². The third kappa shape index (κ3) is 5.86. The maximum Gasteiger partial charge on any atom is 0.326 e. The molecule has 1 aromatic heterocycles. The van der Waals surface area contributed by atoms with Crippen LogP contribution in [0.1, 0.15) is 30.1 Å². The van der Waals surface area contributed by atoms with Crippen LogP contribution >= 0.6 is 11.3 Å². The molecule has 0 aliphatic rings. The molecule has 1 aromatic carbocycles. The normalized spacial score (nSPS) is 12.0. The molecule has 0 bridgehead atoms. The Morgan fingerprint density at radius 1 is 1.28 bits per heavy atom. The fourth-order valence-electron chi connectivity index (χ4n) is 2.18. The summed E-state index contributed by atoms with van der Waals surface area (Å²) in [6.07, 6.45) is 0.0531. The van der Waals surface area contributed by atoms with Gasteiger partial charge in [-0.25, -0.2) is 9.78 Å². The number of aromatic nitrogens is 1. The molecule has 0 fully saturated rings. The van der Waals surface area contributed by atoms with Crippen LogP contribution in [0, 0.1) is 12.8 Å². The van der Waals surface area contributed by atoms with E-state index in [0.717, 1.165) is 16.3 Å². The third-order valence-corrected chi connectivity index (χ3v) is 4.44. The fraction of sp³-hybridized carbons (Fsp3) is 0.389. The van der Waals surface area contributed by atoms with E-state index >= 15 is 0 Å². The molecule has 1 amide bonds. The predicted molar refractivity (Wildman–Crippen MR) is 95.7 cm³/mol. The number of nitrogens with zero attached hydrogens (tertiary/aromatic N) is 1. The van der Waals surface area contributed by atoms with Crippen LogP contribution in [0.25, 0.3) is 0 Å². The lowest BCUT2D eigenvalue weighted by Crippen LogP contribution is -2.44. The van der Waals surface area contributed by atoms with E-state index in [1.165, 1.54) is 11.3 Å². The van der Waals surface area contributed by atoms with Crippen molar-refractivity contribution in [1.82, 2.24) is 10.3 Å². The largest absolute Gasteiger partial charge is 0.486 e. The first-order valence-electron chi connectivity index (χ1n) is 8.00. The van der Waals surface area contributed by atoms with Gasteiger partial charge in [-0.15, -0.1) is 11.3 Å². The van der Waals surface area contributed by atoms with Crippen molar-refractivity contribution in [2.45, 2.75) is 39.8 Å². The van der Waals surface area contributed by atoms with E-state index in [0.29, 0.717) is 12.3 Å². The van der Waals surface area contributed by atoms with E-state index in [-0.39, 0.29) is 18.2 Å². The number of ether oxygens (including phenoxy) is 1. The van der Waals surface area contributed by atoms with Crippen LogP contribution in [-0.2, 0) is 22.6 Å². The lowest BCUT2D eigenvalue weighted by atomic mass is 10.0. The summed E-state index contributed by atoms with van der Waals surface area (Å²) in [6, 6.07) is 6.85. The number of carboxylic acids is 1. The molecule has 0 aliphatic carbocycles. The number of aliphatic carboxylic acids is 1. The van der Waals surface area contributed by atoms with Crippen molar-refractivity contribution in [3.8, 4) is 5.75 Å². The second-order valence-corrected chi connectivity index (χ2v) is 7.08. The quantitative estimate of drug-likeness (QED) is 0.754. The van der Waals surface area contributed by atoms with Gasteiger partial charge in [0.15, 0.2) is 0 Å². The van der Waals surface area contributed by atoms with Crippen molar-refractivity contribution in [3.63, 3.8) is 0 Å². The molecular formula is C18H22N2O4S. The molecule has 0 spiro atoms. The number of carbonyl (C=O) groups is 2. The minimum atomic E-state index is -1.03. The number of nitrogens with one attached hydrogen (secondary N) is 1. The minimum absolute atomic E-state index is 0.0531. The first-order valence-corrected chi connectivity index (χ1v) is 8.88. The topological polar surface area (TPSA) is 88.5 Å². The SMILES string of the molecule is Cc1ccc(OCc2nc(CC(=O)NC(C(=O)O)C(C)C)cs2)cc1. The van der Waals surface area contributed by atoms with Crippen molar-refractivity contribution in [2.24, 2.45) is 5.92 Å². The molecule has 2 N–H and O–H groups in total. The second kappa shape index (κ2) is 8.62. The Kier molecular flexibility index (Phi) is 6.52. The Hall–Kier alpha value is -2.41. The maximum absolute atomic E-state index is 12.0. The molecule has 2 rings (SSSR count). The van der Waals surface area contributed by atoms with Gasteiger partial charge in [-0.2, -0.15) is 0 Å². The van der Waals surface area contributed by atoms with Crippen molar-refractivity contribution < 1.29 is 19.4 Å². The summed E-state index contributed by atoms with van der Waals surface area (Å²) in [5, 5.41) is 14.2. The van der Waals surface area contributed by atoms with Gasteiger partial charge in [0, 0.05) is 5.38 Å².